The van der Waals surface area contributed by atoms with Crippen LogP contribution in [0.1, 0.15) is 0 Å². The van der Waals surface area contributed by atoms with Crippen molar-refractivity contribution in [2.75, 3.05) is 0 Å². The van der Waals surface area contributed by atoms with Crippen LogP contribution in [-0.2, 0) is 0 Å². The van der Waals surface area contributed by atoms with E-state index in [4.69, 9.17) is 0 Å². The summed E-state index contributed by atoms with van der Waals surface area (Å²) in [6.45, 7) is 0. The highest BCUT2D eigenvalue weighted by molar-refractivity contribution is 6.48. The van der Waals surface area contributed by atoms with Crippen LogP contribution in [0.4, 0.5) is 0 Å². The maximum Gasteiger partial charge on any atom is -0.000740 e. The van der Waals surface area contributed by atoms with Crippen LogP contribution in [0.15, 0.2) is 243 Å². The highest BCUT2D eigenvalue weighted by atomic mass is 14.4. The average molecular weight is 929 g/mol. The normalized spacial score (nSPS) is 12.6. The van der Waals surface area contributed by atoms with E-state index < -0.39 is 0 Å². The monoisotopic (exact) mass is 928 g/mol. The van der Waals surface area contributed by atoms with Crippen molar-refractivity contribution in [3.63, 3.8) is 0 Å². The van der Waals surface area contributed by atoms with Gasteiger partial charge in [0, 0.05) is 0 Å². The summed E-state index contributed by atoms with van der Waals surface area (Å²) in [4.78, 5) is 0. The van der Waals surface area contributed by atoms with Crippen molar-refractivity contribution >= 4 is 118 Å². The van der Waals surface area contributed by atoms with Gasteiger partial charge in [-0.2, -0.15) is 0 Å². The number of fused-ring (bicyclic) bond motifs is 13. The van der Waals surface area contributed by atoms with Crippen LogP contribution in [0.25, 0.3) is 185 Å². The van der Waals surface area contributed by atoms with E-state index in [1.807, 2.05) is 0 Å². The Hall–Kier alpha value is -9.62. The third-order valence-electron chi connectivity index (χ3n) is 17.4. The van der Waals surface area contributed by atoms with Gasteiger partial charge in [0.15, 0.2) is 0 Å². The lowest BCUT2D eigenvalue weighted by Crippen LogP contribution is -1.93. The molecule has 1 aliphatic rings. The first-order chi connectivity index (χ1) is 36.8. The van der Waals surface area contributed by atoms with Gasteiger partial charge in [-0.3, -0.25) is 0 Å². The molecule has 0 amide bonds. The minimum Gasteiger partial charge on any atom is -0.0622 e. The van der Waals surface area contributed by atoms with Crippen molar-refractivity contribution in [3.05, 3.63) is 243 Å². The van der Waals surface area contributed by atoms with Crippen molar-refractivity contribution in [2.45, 2.75) is 0 Å². The third kappa shape index (κ3) is 4.80. The zero-order chi connectivity index (χ0) is 47.9. The van der Waals surface area contributed by atoms with Crippen LogP contribution in [0.3, 0.4) is 0 Å². The Kier molecular flexibility index (Phi) is 7.43. The van der Waals surface area contributed by atoms with E-state index >= 15 is 0 Å². The molecule has 0 saturated heterocycles. The molecule has 336 valence electrons. The van der Waals surface area contributed by atoms with Gasteiger partial charge in [-0.15, -0.1) is 0 Å². The van der Waals surface area contributed by atoms with E-state index in [0.29, 0.717) is 0 Å². The van der Waals surface area contributed by atoms with Crippen LogP contribution in [0, 0.1) is 0 Å². The molecule has 0 aromatic heterocycles. The molecule has 0 aliphatic heterocycles. The lowest BCUT2D eigenvalue weighted by molar-refractivity contribution is 1.62. The summed E-state index contributed by atoms with van der Waals surface area (Å²) in [5, 5.41) is 29.1. The molecule has 0 nitrogen and oxygen atoms in total. The fourth-order valence-electron chi connectivity index (χ4n) is 14.6. The van der Waals surface area contributed by atoms with Gasteiger partial charge in [-0.05, 0) is 197 Å². The predicted molar refractivity (Wildman–Crippen MR) is 319 cm³/mol. The summed E-state index contributed by atoms with van der Waals surface area (Å²) in [6.07, 6.45) is 0. The van der Waals surface area contributed by atoms with Gasteiger partial charge in [0.05, 0.1) is 0 Å². The minimum absolute atomic E-state index is 1.24. The van der Waals surface area contributed by atoms with Gasteiger partial charge in [0.25, 0.3) is 0 Å². The molecular formula is C74H40. The molecule has 0 heterocycles. The second-order valence-corrected chi connectivity index (χ2v) is 20.8. The molecule has 0 saturated carbocycles. The number of hydrogen-bond acceptors (Lipinski definition) is 0. The molecule has 17 aromatic carbocycles. The standard InChI is InChI=1S/C74H40/c1-5-17-42(18-6-1)63-46-27-13-14-28-47(46)64(43-19-7-2-8-20-43)72-55-36-32-51-53-34-38-57-70-56(37-33-52(68(53)70)50-31-35-54(71(63)72)69(55)67(50)51)73-65(44-21-9-3-10-22-44)60-39-58-48-29-15-25-41-26-16-30-49(62(41)48)59(58)40-61(60)66(74(57)73)45-23-11-4-12-24-45/h1-40H. The maximum atomic E-state index is 2.54. The number of rotatable bonds is 4. The summed E-state index contributed by atoms with van der Waals surface area (Å²) in [5.41, 5.74) is 15.5. The molecule has 18 rings (SSSR count). The Bertz CT molecular complexity index is 4930. The molecule has 17 aromatic rings. The topological polar surface area (TPSA) is 0 Å². The van der Waals surface area contributed by atoms with E-state index in [0.717, 1.165) is 0 Å². The number of hydrogen-bond donors (Lipinski definition) is 0. The van der Waals surface area contributed by atoms with Gasteiger partial charge in [0.1, 0.15) is 0 Å². The second kappa shape index (κ2) is 14.1. The lowest BCUT2D eigenvalue weighted by Gasteiger charge is -2.20. The Morgan fingerprint density at radius 1 is 0.149 bits per heavy atom. The van der Waals surface area contributed by atoms with Crippen LogP contribution in [0.5, 0.6) is 0 Å². The average Bonchev–Trinajstić information content (AvgIpc) is 4.20. The van der Waals surface area contributed by atoms with Gasteiger partial charge < -0.3 is 0 Å². The maximum absolute atomic E-state index is 2.54. The Labute approximate surface area is 425 Å². The first kappa shape index (κ1) is 39.0. The Morgan fingerprint density at radius 3 is 0.905 bits per heavy atom. The molecule has 0 fully saturated rings. The third-order valence-corrected chi connectivity index (χ3v) is 17.4. The fraction of sp³-hybridized carbons (Fsp3) is 0. The molecule has 0 bridgehead atoms. The smallest absolute Gasteiger partial charge is 0.000740 e. The zero-order valence-electron chi connectivity index (χ0n) is 40.1. The van der Waals surface area contributed by atoms with E-state index in [1.54, 1.807) is 0 Å². The van der Waals surface area contributed by atoms with Gasteiger partial charge >= 0.3 is 0 Å². The molecule has 1 aliphatic carbocycles. The Morgan fingerprint density at radius 2 is 0.473 bits per heavy atom. The second-order valence-electron chi connectivity index (χ2n) is 20.8. The van der Waals surface area contributed by atoms with Gasteiger partial charge in [-0.25, -0.2) is 0 Å². The highest BCUT2D eigenvalue weighted by Gasteiger charge is 2.33. The molecule has 0 atom stereocenters. The quantitative estimate of drug-likeness (QED) is 0.122. The van der Waals surface area contributed by atoms with Crippen molar-refractivity contribution in [2.24, 2.45) is 0 Å². The molecule has 0 radical (unpaired) electrons. The summed E-state index contributed by atoms with van der Waals surface area (Å²) in [6, 6.07) is 92.1. The zero-order valence-corrected chi connectivity index (χ0v) is 40.1. The molecule has 0 N–H and O–H groups in total. The molecule has 74 heavy (non-hydrogen) atoms. The largest absolute Gasteiger partial charge is 0.0622 e. The van der Waals surface area contributed by atoms with Crippen molar-refractivity contribution in [1.29, 1.82) is 0 Å². The van der Waals surface area contributed by atoms with Crippen LogP contribution >= 0.6 is 0 Å². The van der Waals surface area contributed by atoms with Crippen molar-refractivity contribution in [3.8, 4) is 66.8 Å². The van der Waals surface area contributed by atoms with E-state index in [2.05, 4.69) is 243 Å². The predicted octanol–water partition coefficient (Wildman–Crippen LogP) is 21.0. The minimum atomic E-state index is 1.24. The van der Waals surface area contributed by atoms with E-state index in [1.165, 1.54) is 185 Å². The van der Waals surface area contributed by atoms with E-state index in [9.17, 15) is 0 Å². The fourth-order valence-corrected chi connectivity index (χ4v) is 14.6. The summed E-state index contributed by atoms with van der Waals surface area (Å²) in [5.74, 6) is 0. The van der Waals surface area contributed by atoms with Gasteiger partial charge in [-0.1, -0.05) is 231 Å². The first-order valence-corrected chi connectivity index (χ1v) is 26.0. The van der Waals surface area contributed by atoms with Crippen LogP contribution in [0.2, 0.25) is 0 Å². The SMILES string of the molecule is c1ccc(-c2c3c(c(-c4ccccc4)c4ccccc24)-c2ccc4c5ccc6c7c(-c8ccccc8)c8cc9c(cc8c(-c8ccccc8)c7c7ccc(c8ccc-3c2c84)c5c76)c2cccc3cccc9c32)cc1. The van der Waals surface area contributed by atoms with Crippen molar-refractivity contribution < 1.29 is 0 Å². The van der Waals surface area contributed by atoms with Crippen LogP contribution < -0.4 is 0 Å². The van der Waals surface area contributed by atoms with Gasteiger partial charge in [0.2, 0.25) is 0 Å². The molecule has 0 unspecified atom stereocenters. The summed E-state index contributed by atoms with van der Waals surface area (Å²) < 4.78 is 0. The highest BCUT2D eigenvalue weighted by Crippen LogP contribution is 2.61. The Balaban J connectivity index is 1.01. The summed E-state index contributed by atoms with van der Waals surface area (Å²) >= 11 is 0. The van der Waals surface area contributed by atoms with Crippen molar-refractivity contribution in [1.82, 2.24) is 0 Å². The summed E-state index contributed by atoms with van der Waals surface area (Å²) in [7, 11) is 0. The molecule has 0 heteroatoms. The van der Waals surface area contributed by atoms with E-state index in [-0.39, 0.29) is 0 Å². The first-order valence-electron chi connectivity index (χ1n) is 26.0. The van der Waals surface area contributed by atoms with Crippen LogP contribution in [-0.4, -0.2) is 0 Å². The number of benzene rings is 15. The lowest BCUT2D eigenvalue weighted by atomic mass is 9.82. The molecular weight excluding hydrogens is 889 g/mol. The molecule has 0 spiro atoms.